The molecular formula is C16H24N4O2. The number of nitrogens with one attached hydrogen (secondary N) is 2. The number of nitrogens with zero attached hydrogens (tertiary/aromatic N) is 2. The predicted molar refractivity (Wildman–Crippen MR) is 88.2 cm³/mol. The molecule has 3 amide bonds. The molecule has 1 heterocycles. The summed E-state index contributed by atoms with van der Waals surface area (Å²) in [5.74, 6) is -0.0766. The molecule has 6 heteroatoms. The predicted octanol–water partition coefficient (Wildman–Crippen LogP) is 1.88. The topological polar surface area (TPSA) is 64.7 Å². The first-order valence-corrected chi connectivity index (χ1v) is 7.64. The van der Waals surface area contributed by atoms with Crippen LogP contribution in [0.5, 0.6) is 0 Å². The van der Waals surface area contributed by atoms with Gasteiger partial charge >= 0.3 is 6.03 Å². The van der Waals surface area contributed by atoms with E-state index in [1.807, 2.05) is 43.0 Å². The molecule has 1 aromatic rings. The van der Waals surface area contributed by atoms with Gasteiger partial charge in [-0.25, -0.2) is 4.79 Å². The fourth-order valence-electron chi connectivity index (χ4n) is 2.49. The quantitative estimate of drug-likeness (QED) is 0.896. The first-order chi connectivity index (χ1) is 10.5. The van der Waals surface area contributed by atoms with Crippen LogP contribution in [0.1, 0.15) is 20.8 Å². The third-order valence-electron chi connectivity index (χ3n) is 3.51. The number of rotatable bonds is 3. The molecule has 22 heavy (non-hydrogen) atoms. The largest absolute Gasteiger partial charge is 0.368 e. The van der Waals surface area contributed by atoms with E-state index in [1.165, 1.54) is 6.92 Å². The van der Waals surface area contributed by atoms with Crippen molar-refractivity contribution in [2.45, 2.75) is 26.8 Å². The zero-order chi connectivity index (χ0) is 16.1. The molecule has 1 saturated heterocycles. The Morgan fingerprint density at radius 1 is 1.14 bits per heavy atom. The number of hydrogen-bond acceptors (Lipinski definition) is 3. The lowest BCUT2D eigenvalue weighted by Crippen LogP contribution is -2.52. The summed E-state index contributed by atoms with van der Waals surface area (Å²) in [5, 5.41) is 5.71. The Morgan fingerprint density at radius 3 is 2.41 bits per heavy atom. The van der Waals surface area contributed by atoms with Crippen molar-refractivity contribution in [1.82, 2.24) is 10.2 Å². The maximum Gasteiger partial charge on any atom is 0.317 e. The summed E-state index contributed by atoms with van der Waals surface area (Å²) in [5.41, 5.74) is 1.86. The highest BCUT2D eigenvalue weighted by atomic mass is 16.2. The standard InChI is InChI=1S/C16H24N4O2/c1-12(2)17-16(22)20-9-7-19(8-10-20)15-6-4-5-14(11-15)18-13(3)21/h4-6,11-12H,7-10H2,1-3H3,(H,17,22)(H,18,21). The van der Waals surface area contributed by atoms with Gasteiger partial charge in [0.15, 0.2) is 0 Å². The summed E-state index contributed by atoms with van der Waals surface area (Å²) in [4.78, 5) is 27.2. The number of carbonyl (C=O) groups is 2. The monoisotopic (exact) mass is 304 g/mol. The Bertz CT molecular complexity index is 537. The highest BCUT2D eigenvalue weighted by molar-refractivity contribution is 5.89. The Hall–Kier alpha value is -2.24. The molecule has 0 saturated carbocycles. The van der Waals surface area contributed by atoms with Gasteiger partial charge in [-0.2, -0.15) is 0 Å². The SMILES string of the molecule is CC(=O)Nc1cccc(N2CCN(C(=O)NC(C)C)CC2)c1. The second-order valence-corrected chi connectivity index (χ2v) is 5.81. The number of benzene rings is 1. The van der Waals surface area contributed by atoms with Gasteiger partial charge in [-0.1, -0.05) is 6.07 Å². The van der Waals surface area contributed by atoms with Crippen LogP contribution in [0.2, 0.25) is 0 Å². The molecule has 2 N–H and O–H groups in total. The molecule has 0 aromatic heterocycles. The zero-order valence-electron chi connectivity index (χ0n) is 13.4. The van der Waals surface area contributed by atoms with Gasteiger partial charge in [-0.3, -0.25) is 4.79 Å². The van der Waals surface area contributed by atoms with Gasteiger partial charge < -0.3 is 20.4 Å². The number of urea groups is 1. The number of anilines is 2. The fraction of sp³-hybridized carbons (Fsp3) is 0.500. The lowest BCUT2D eigenvalue weighted by molar-refractivity contribution is -0.114. The van der Waals surface area contributed by atoms with Crippen LogP contribution >= 0.6 is 0 Å². The van der Waals surface area contributed by atoms with Crippen LogP contribution in [-0.2, 0) is 4.79 Å². The molecule has 1 aromatic carbocycles. The van der Waals surface area contributed by atoms with Crippen molar-refractivity contribution >= 4 is 23.3 Å². The summed E-state index contributed by atoms with van der Waals surface area (Å²) in [7, 11) is 0. The van der Waals surface area contributed by atoms with Gasteiger partial charge in [0.25, 0.3) is 0 Å². The van der Waals surface area contributed by atoms with Crippen molar-refractivity contribution < 1.29 is 9.59 Å². The van der Waals surface area contributed by atoms with Crippen LogP contribution in [-0.4, -0.2) is 49.1 Å². The Balaban J connectivity index is 1.94. The summed E-state index contributed by atoms with van der Waals surface area (Å²) in [6.45, 7) is 8.39. The van der Waals surface area contributed by atoms with Gasteiger partial charge in [0.05, 0.1) is 0 Å². The van der Waals surface area contributed by atoms with Crippen LogP contribution in [0.3, 0.4) is 0 Å². The van der Waals surface area contributed by atoms with Crippen LogP contribution in [0.25, 0.3) is 0 Å². The third kappa shape index (κ3) is 4.38. The van der Waals surface area contributed by atoms with Crippen LogP contribution < -0.4 is 15.5 Å². The fourth-order valence-corrected chi connectivity index (χ4v) is 2.49. The first kappa shape index (κ1) is 16.1. The third-order valence-corrected chi connectivity index (χ3v) is 3.51. The van der Waals surface area contributed by atoms with E-state index in [4.69, 9.17) is 0 Å². The zero-order valence-corrected chi connectivity index (χ0v) is 13.4. The molecular weight excluding hydrogens is 280 g/mol. The van der Waals surface area contributed by atoms with Crippen molar-refractivity contribution in [3.8, 4) is 0 Å². The maximum atomic E-state index is 12.0. The van der Waals surface area contributed by atoms with E-state index in [9.17, 15) is 9.59 Å². The number of carbonyl (C=O) groups excluding carboxylic acids is 2. The normalized spacial score (nSPS) is 14.9. The molecule has 0 spiro atoms. The lowest BCUT2D eigenvalue weighted by Gasteiger charge is -2.36. The highest BCUT2D eigenvalue weighted by Gasteiger charge is 2.21. The van der Waals surface area contributed by atoms with Crippen molar-refractivity contribution in [2.24, 2.45) is 0 Å². The minimum Gasteiger partial charge on any atom is -0.368 e. The summed E-state index contributed by atoms with van der Waals surface area (Å²) < 4.78 is 0. The summed E-state index contributed by atoms with van der Waals surface area (Å²) in [6, 6.07) is 7.94. The van der Waals surface area contributed by atoms with Crippen molar-refractivity contribution in [2.75, 3.05) is 36.4 Å². The molecule has 1 aliphatic heterocycles. The Morgan fingerprint density at radius 2 is 1.82 bits per heavy atom. The second-order valence-electron chi connectivity index (χ2n) is 5.81. The molecule has 1 aliphatic rings. The van der Waals surface area contributed by atoms with E-state index in [0.717, 1.165) is 24.5 Å². The average molecular weight is 304 g/mol. The second kappa shape index (κ2) is 7.15. The van der Waals surface area contributed by atoms with Crippen LogP contribution in [0.4, 0.5) is 16.2 Å². The average Bonchev–Trinajstić information content (AvgIpc) is 2.46. The van der Waals surface area contributed by atoms with Crippen LogP contribution in [0.15, 0.2) is 24.3 Å². The van der Waals surface area contributed by atoms with Crippen LogP contribution in [0, 0.1) is 0 Å². The van der Waals surface area contributed by atoms with Gasteiger partial charge in [-0.15, -0.1) is 0 Å². The molecule has 0 unspecified atom stereocenters. The smallest absolute Gasteiger partial charge is 0.317 e. The summed E-state index contributed by atoms with van der Waals surface area (Å²) >= 11 is 0. The molecule has 120 valence electrons. The molecule has 2 rings (SSSR count). The van der Waals surface area contributed by atoms with E-state index in [1.54, 1.807) is 0 Å². The molecule has 0 atom stereocenters. The van der Waals surface area contributed by atoms with Crippen molar-refractivity contribution in [1.29, 1.82) is 0 Å². The first-order valence-electron chi connectivity index (χ1n) is 7.64. The Labute approximate surface area is 131 Å². The number of piperazine rings is 1. The molecule has 1 fully saturated rings. The Kier molecular flexibility index (Phi) is 5.25. The lowest BCUT2D eigenvalue weighted by atomic mass is 10.2. The van der Waals surface area contributed by atoms with Gasteiger partial charge in [0.2, 0.25) is 5.91 Å². The molecule has 0 aliphatic carbocycles. The van der Waals surface area contributed by atoms with E-state index in [-0.39, 0.29) is 18.0 Å². The number of amides is 3. The van der Waals surface area contributed by atoms with E-state index >= 15 is 0 Å². The molecule has 6 nitrogen and oxygen atoms in total. The highest BCUT2D eigenvalue weighted by Crippen LogP contribution is 2.21. The minimum absolute atomic E-state index is 0.00153. The summed E-state index contributed by atoms with van der Waals surface area (Å²) in [6.07, 6.45) is 0. The van der Waals surface area contributed by atoms with Gasteiger partial charge in [0.1, 0.15) is 0 Å². The number of hydrogen-bond donors (Lipinski definition) is 2. The van der Waals surface area contributed by atoms with E-state index < -0.39 is 0 Å². The molecule has 0 bridgehead atoms. The minimum atomic E-state index is -0.0766. The maximum absolute atomic E-state index is 12.0. The van der Waals surface area contributed by atoms with E-state index in [0.29, 0.717) is 13.1 Å². The van der Waals surface area contributed by atoms with E-state index in [2.05, 4.69) is 15.5 Å². The van der Waals surface area contributed by atoms with Crippen molar-refractivity contribution in [3.05, 3.63) is 24.3 Å². The molecule has 0 radical (unpaired) electrons. The van der Waals surface area contributed by atoms with Gasteiger partial charge in [-0.05, 0) is 32.0 Å². The van der Waals surface area contributed by atoms with Gasteiger partial charge in [0, 0.05) is 50.5 Å². The van der Waals surface area contributed by atoms with Crippen molar-refractivity contribution in [3.63, 3.8) is 0 Å².